The number of carbonyl (C=O) groups excluding carboxylic acids is 1. The molecule has 0 saturated heterocycles. The minimum absolute atomic E-state index is 0. The summed E-state index contributed by atoms with van der Waals surface area (Å²) in [6.45, 7) is 14.2. The molecule has 0 fully saturated rings. The molecule has 0 aliphatic carbocycles. The van der Waals surface area contributed by atoms with Gasteiger partial charge in [-0.15, -0.1) is 24.2 Å². The van der Waals surface area contributed by atoms with Crippen LogP contribution in [-0.2, 0) is 4.79 Å². The van der Waals surface area contributed by atoms with Crippen molar-refractivity contribution >= 4 is 56.8 Å². The second kappa shape index (κ2) is 13.3. The number of fused-ring (bicyclic) bond motifs is 1. The number of rotatable bonds is 11. The van der Waals surface area contributed by atoms with Crippen LogP contribution in [0.1, 0.15) is 43.4 Å². The first-order valence-electron chi connectivity index (χ1n) is 11.5. The Bertz CT molecular complexity index is 993. The Morgan fingerprint density at radius 3 is 2.27 bits per heavy atom. The van der Waals surface area contributed by atoms with Gasteiger partial charge in [-0.1, -0.05) is 55.0 Å². The molecule has 180 valence electrons. The number of aromatic nitrogens is 1. The second-order valence-electron chi connectivity index (χ2n) is 8.21. The van der Waals surface area contributed by atoms with Gasteiger partial charge in [-0.2, -0.15) is 0 Å². The molecule has 7 heteroatoms. The molecule has 1 aromatic heterocycles. The molecule has 0 unspecified atom stereocenters. The van der Waals surface area contributed by atoms with Crippen LogP contribution in [0.2, 0.25) is 0 Å². The molecule has 2 aromatic carbocycles. The van der Waals surface area contributed by atoms with E-state index in [1.807, 2.05) is 16.7 Å². The first-order valence-corrected chi connectivity index (χ1v) is 13.3. The molecule has 4 nitrogen and oxygen atoms in total. The molecular weight excluding hydrogens is 470 g/mol. The SMILES string of the molecule is CCN(CC)CCN(C(=O)CCCSc1ccc(C)cc1)c1nc2c(C)ccc(C)c2s1.Cl. The molecule has 3 rings (SSSR count). The maximum Gasteiger partial charge on any atom is 0.228 e. The van der Waals surface area contributed by atoms with Crippen molar-refractivity contribution in [1.82, 2.24) is 9.88 Å². The smallest absolute Gasteiger partial charge is 0.228 e. The van der Waals surface area contributed by atoms with E-state index in [9.17, 15) is 4.79 Å². The lowest BCUT2D eigenvalue weighted by Gasteiger charge is -2.24. The van der Waals surface area contributed by atoms with E-state index >= 15 is 0 Å². The first-order chi connectivity index (χ1) is 15.4. The largest absolute Gasteiger partial charge is 0.302 e. The van der Waals surface area contributed by atoms with Crippen molar-refractivity contribution in [1.29, 1.82) is 0 Å². The van der Waals surface area contributed by atoms with E-state index in [1.54, 1.807) is 11.3 Å². The van der Waals surface area contributed by atoms with E-state index in [2.05, 4.69) is 75.9 Å². The highest BCUT2D eigenvalue weighted by Crippen LogP contribution is 2.33. The average molecular weight is 506 g/mol. The summed E-state index contributed by atoms with van der Waals surface area (Å²) < 4.78 is 1.19. The second-order valence-corrected chi connectivity index (χ2v) is 10.4. The van der Waals surface area contributed by atoms with Crippen LogP contribution in [-0.4, -0.2) is 47.7 Å². The topological polar surface area (TPSA) is 36.4 Å². The monoisotopic (exact) mass is 505 g/mol. The van der Waals surface area contributed by atoms with Gasteiger partial charge in [-0.25, -0.2) is 4.98 Å². The molecule has 0 atom stereocenters. The van der Waals surface area contributed by atoms with Crippen LogP contribution in [0.3, 0.4) is 0 Å². The van der Waals surface area contributed by atoms with Gasteiger partial charge in [0.25, 0.3) is 0 Å². The number of carbonyl (C=O) groups is 1. The van der Waals surface area contributed by atoms with Crippen molar-refractivity contribution in [3.8, 4) is 0 Å². The number of hydrogen-bond acceptors (Lipinski definition) is 5. The van der Waals surface area contributed by atoms with Gasteiger partial charge in [0.05, 0.1) is 10.2 Å². The normalized spacial score (nSPS) is 11.1. The van der Waals surface area contributed by atoms with Crippen LogP contribution in [0.4, 0.5) is 5.13 Å². The van der Waals surface area contributed by atoms with Crippen molar-refractivity contribution in [3.05, 3.63) is 53.1 Å². The van der Waals surface area contributed by atoms with Gasteiger partial charge in [0.15, 0.2) is 5.13 Å². The number of benzene rings is 2. The van der Waals surface area contributed by atoms with E-state index < -0.39 is 0 Å². The minimum Gasteiger partial charge on any atom is -0.302 e. The molecule has 33 heavy (non-hydrogen) atoms. The Morgan fingerprint density at radius 2 is 1.64 bits per heavy atom. The molecule has 0 saturated carbocycles. The van der Waals surface area contributed by atoms with Crippen molar-refractivity contribution in [2.45, 2.75) is 52.4 Å². The van der Waals surface area contributed by atoms with Gasteiger partial charge < -0.3 is 4.90 Å². The van der Waals surface area contributed by atoms with Gasteiger partial charge in [0.2, 0.25) is 5.91 Å². The Kier molecular flexibility index (Phi) is 11.2. The standard InChI is InChI=1S/C26H35N3OS2.ClH/c1-6-28(7-2)16-17-29(26-27-24-20(4)12-13-21(5)25(24)32-26)23(30)9-8-18-31-22-14-10-19(3)11-15-22;/h10-15H,6-9,16-18H2,1-5H3;1H. The maximum atomic E-state index is 13.3. The summed E-state index contributed by atoms with van der Waals surface area (Å²) in [4.78, 5) is 23.8. The van der Waals surface area contributed by atoms with Gasteiger partial charge in [-0.3, -0.25) is 9.69 Å². The number of aryl methyl sites for hydroxylation is 3. The summed E-state index contributed by atoms with van der Waals surface area (Å²) in [7, 11) is 0. The number of likely N-dealkylation sites (N-methyl/N-ethyl adjacent to an activating group) is 1. The number of thioether (sulfide) groups is 1. The van der Waals surface area contributed by atoms with Gasteiger partial charge in [0, 0.05) is 24.4 Å². The summed E-state index contributed by atoms with van der Waals surface area (Å²) in [5, 5.41) is 0.834. The van der Waals surface area contributed by atoms with Gasteiger partial charge in [0.1, 0.15) is 0 Å². The van der Waals surface area contributed by atoms with Gasteiger partial charge in [-0.05, 0) is 69.3 Å². The van der Waals surface area contributed by atoms with E-state index in [4.69, 9.17) is 4.98 Å². The molecule has 1 amide bonds. The number of thiazole rings is 1. The first kappa shape index (κ1) is 27.6. The summed E-state index contributed by atoms with van der Waals surface area (Å²) >= 11 is 3.47. The third-order valence-corrected chi connectivity index (χ3v) is 8.13. The highest BCUT2D eigenvalue weighted by Gasteiger charge is 2.21. The molecule has 3 aromatic rings. The lowest BCUT2D eigenvalue weighted by atomic mass is 10.1. The van der Waals surface area contributed by atoms with Crippen LogP contribution in [0, 0.1) is 20.8 Å². The number of halogens is 1. The predicted molar refractivity (Wildman–Crippen MR) is 148 cm³/mol. The van der Waals surface area contributed by atoms with Crippen LogP contribution < -0.4 is 4.90 Å². The molecular formula is C26H36ClN3OS2. The molecule has 0 N–H and O–H groups in total. The van der Waals surface area contributed by atoms with Crippen LogP contribution in [0.25, 0.3) is 10.2 Å². The van der Waals surface area contributed by atoms with E-state index in [0.717, 1.165) is 42.5 Å². The molecule has 1 heterocycles. The average Bonchev–Trinajstić information content (AvgIpc) is 3.24. The lowest BCUT2D eigenvalue weighted by molar-refractivity contribution is -0.118. The Morgan fingerprint density at radius 1 is 0.970 bits per heavy atom. The van der Waals surface area contributed by atoms with Crippen molar-refractivity contribution in [2.75, 3.05) is 36.8 Å². The zero-order valence-electron chi connectivity index (χ0n) is 20.4. The summed E-state index contributed by atoms with van der Waals surface area (Å²) in [5.41, 5.74) is 4.69. The fourth-order valence-electron chi connectivity index (χ4n) is 3.65. The molecule has 0 spiro atoms. The van der Waals surface area contributed by atoms with E-state index in [1.165, 1.54) is 26.3 Å². The number of amides is 1. The number of nitrogens with zero attached hydrogens (tertiary/aromatic N) is 3. The fraction of sp³-hybridized carbons (Fsp3) is 0.462. The Balaban J connectivity index is 0.00000385. The highest BCUT2D eigenvalue weighted by molar-refractivity contribution is 7.99. The summed E-state index contributed by atoms with van der Waals surface area (Å²) in [6, 6.07) is 12.8. The van der Waals surface area contributed by atoms with Crippen LogP contribution in [0.15, 0.2) is 41.3 Å². The molecule has 0 radical (unpaired) electrons. The summed E-state index contributed by atoms with van der Waals surface area (Å²) in [6.07, 6.45) is 1.41. The fourth-order valence-corrected chi connectivity index (χ4v) is 5.66. The zero-order valence-corrected chi connectivity index (χ0v) is 22.8. The number of hydrogen-bond donors (Lipinski definition) is 0. The van der Waals surface area contributed by atoms with E-state index in [-0.39, 0.29) is 18.3 Å². The highest BCUT2D eigenvalue weighted by atomic mass is 35.5. The van der Waals surface area contributed by atoms with Crippen LogP contribution in [0.5, 0.6) is 0 Å². The van der Waals surface area contributed by atoms with Crippen molar-refractivity contribution in [2.24, 2.45) is 0 Å². The lowest BCUT2D eigenvalue weighted by Crippen LogP contribution is -2.38. The molecule has 0 bridgehead atoms. The zero-order chi connectivity index (χ0) is 23.1. The van der Waals surface area contributed by atoms with Crippen molar-refractivity contribution < 1.29 is 4.79 Å². The summed E-state index contributed by atoms with van der Waals surface area (Å²) in [5.74, 6) is 1.12. The minimum atomic E-state index is 0. The Hall–Kier alpha value is -1.60. The molecule has 0 aliphatic rings. The molecule has 0 aliphatic heterocycles. The quantitative estimate of drug-likeness (QED) is 0.210. The van der Waals surface area contributed by atoms with Crippen molar-refractivity contribution in [3.63, 3.8) is 0 Å². The van der Waals surface area contributed by atoms with Gasteiger partial charge >= 0.3 is 0 Å². The maximum absolute atomic E-state index is 13.3. The third kappa shape index (κ3) is 7.44. The van der Waals surface area contributed by atoms with Crippen LogP contribution >= 0.6 is 35.5 Å². The third-order valence-electron chi connectivity index (χ3n) is 5.82. The number of anilines is 1. The Labute approximate surface area is 213 Å². The van der Waals surface area contributed by atoms with E-state index in [0.29, 0.717) is 13.0 Å². The predicted octanol–water partition coefficient (Wildman–Crippen LogP) is 6.89.